The quantitative estimate of drug-likeness (QED) is 0.828. The predicted molar refractivity (Wildman–Crippen MR) is 78.2 cm³/mol. The van der Waals surface area contributed by atoms with Crippen LogP contribution in [0.15, 0.2) is 24.3 Å². The van der Waals surface area contributed by atoms with Gasteiger partial charge in [0.05, 0.1) is 0 Å². The second kappa shape index (κ2) is 7.29. The van der Waals surface area contributed by atoms with Crippen LogP contribution in [0.4, 0.5) is 0 Å². The van der Waals surface area contributed by atoms with E-state index in [4.69, 9.17) is 5.11 Å². The first-order chi connectivity index (χ1) is 8.93. The Morgan fingerprint density at radius 2 is 1.84 bits per heavy atom. The molecule has 0 radical (unpaired) electrons. The molecule has 0 saturated heterocycles. The van der Waals surface area contributed by atoms with Crippen molar-refractivity contribution in [3.05, 3.63) is 35.4 Å². The highest BCUT2D eigenvalue weighted by molar-refractivity contribution is 5.75. The molecule has 1 rings (SSSR count). The molecule has 0 fully saturated rings. The van der Waals surface area contributed by atoms with Gasteiger partial charge in [-0.2, -0.15) is 0 Å². The first-order valence-electron chi connectivity index (χ1n) is 6.90. The van der Waals surface area contributed by atoms with Crippen LogP contribution in [-0.2, 0) is 16.6 Å². The summed E-state index contributed by atoms with van der Waals surface area (Å²) < 4.78 is 0. The summed E-state index contributed by atoms with van der Waals surface area (Å²) in [6.45, 7) is 7.32. The number of carbonyl (C=O) groups excluding carboxylic acids is 1. The fraction of sp³-hybridized carbons (Fsp3) is 0.562. The van der Waals surface area contributed by atoms with E-state index in [9.17, 15) is 4.79 Å². The lowest BCUT2D eigenvalue weighted by Gasteiger charge is -2.19. The summed E-state index contributed by atoms with van der Waals surface area (Å²) in [5.74, 6) is 0.0142. The van der Waals surface area contributed by atoms with Gasteiger partial charge in [-0.25, -0.2) is 0 Å². The Bertz CT molecular complexity index is 390. The van der Waals surface area contributed by atoms with E-state index >= 15 is 0 Å². The van der Waals surface area contributed by atoms with Gasteiger partial charge in [0.1, 0.15) is 0 Å². The van der Waals surface area contributed by atoms with Crippen LogP contribution in [0.5, 0.6) is 0 Å². The molecule has 0 aliphatic heterocycles. The van der Waals surface area contributed by atoms with Crippen molar-refractivity contribution in [1.82, 2.24) is 5.32 Å². The summed E-state index contributed by atoms with van der Waals surface area (Å²) >= 11 is 0. The van der Waals surface area contributed by atoms with Crippen LogP contribution in [0.2, 0.25) is 0 Å². The standard InChI is InChI=1S/C16H25NO2/c1-16(2,3)14-8-6-13(7-9-14)10-11-17-15(19)5-4-12-18/h6-9,18H,4-5,10-12H2,1-3H3,(H,17,19). The number of carbonyl (C=O) groups is 1. The number of aliphatic hydroxyl groups excluding tert-OH is 1. The highest BCUT2D eigenvalue weighted by Crippen LogP contribution is 2.22. The monoisotopic (exact) mass is 263 g/mol. The summed E-state index contributed by atoms with van der Waals surface area (Å²) in [6.07, 6.45) is 1.78. The smallest absolute Gasteiger partial charge is 0.220 e. The molecule has 0 aromatic heterocycles. The summed E-state index contributed by atoms with van der Waals surface area (Å²) in [6, 6.07) is 8.56. The van der Waals surface area contributed by atoms with Crippen LogP contribution in [-0.4, -0.2) is 24.2 Å². The van der Waals surface area contributed by atoms with E-state index in [1.165, 1.54) is 11.1 Å². The van der Waals surface area contributed by atoms with Gasteiger partial charge in [-0.1, -0.05) is 45.0 Å². The molecule has 0 atom stereocenters. The molecule has 1 amide bonds. The molecule has 0 saturated carbocycles. The molecule has 0 spiro atoms. The van der Waals surface area contributed by atoms with Crippen molar-refractivity contribution in [3.63, 3.8) is 0 Å². The molecule has 3 nitrogen and oxygen atoms in total. The fourth-order valence-electron chi connectivity index (χ4n) is 1.85. The van der Waals surface area contributed by atoms with Gasteiger partial charge in [0.25, 0.3) is 0 Å². The Labute approximate surface area is 116 Å². The van der Waals surface area contributed by atoms with Gasteiger partial charge in [0.2, 0.25) is 5.91 Å². The van der Waals surface area contributed by atoms with Gasteiger partial charge in [0, 0.05) is 19.6 Å². The van der Waals surface area contributed by atoms with Crippen LogP contribution in [0.25, 0.3) is 0 Å². The van der Waals surface area contributed by atoms with Crippen LogP contribution in [0.3, 0.4) is 0 Å². The van der Waals surface area contributed by atoms with Crippen molar-refractivity contribution in [2.45, 2.75) is 45.4 Å². The highest BCUT2D eigenvalue weighted by atomic mass is 16.3. The second-order valence-corrected chi connectivity index (χ2v) is 5.87. The normalized spacial score (nSPS) is 11.4. The minimum atomic E-state index is 0.0142. The van der Waals surface area contributed by atoms with E-state index in [1.54, 1.807) is 0 Å². The maximum Gasteiger partial charge on any atom is 0.220 e. The molecule has 0 aliphatic rings. The summed E-state index contributed by atoms with van der Waals surface area (Å²) in [5.41, 5.74) is 2.73. The number of hydrogen-bond donors (Lipinski definition) is 2. The lowest BCUT2D eigenvalue weighted by Crippen LogP contribution is -2.25. The van der Waals surface area contributed by atoms with E-state index in [0.717, 1.165) is 6.42 Å². The first-order valence-corrected chi connectivity index (χ1v) is 6.90. The third kappa shape index (κ3) is 5.88. The zero-order valence-electron chi connectivity index (χ0n) is 12.2. The van der Waals surface area contributed by atoms with E-state index in [0.29, 0.717) is 19.4 Å². The van der Waals surface area contributed by atoms with Crippen molar-refractivity contribution in [2.75, 3.05) is 13.2 Å². The van der Waals surface area contributed by atoms with Gasteiger partial charge < -0.3 is 10.4 Å². The Morgan fingerprint density at radius 3 is 2.37 bits per heavy atom. The Hall–Kier alpha value is -1.35. The topological polar surface area (TPSA) is 49.3 Å². The molecular weight excluding hydrogens is 238 g/mol. The number of rotatable bonds is 6. The number of aliphatic hydroxyl groups is 1. The molecule has 0 unspecified atom stereocenters. The van der Waals surface area contributed by atoms with Crippen molar-refractivity contribution in [3.8, 4) is 0 Å². The van der Waals surface area contributed by atoms with Crippen molar-refractivity contribution in [1.29, 1.82) is 0 Å². The summed E-state index contributed by atoms with van der Waals surface area (Å²) in [5, 5.41) is 11.5. The van der Waals surface area contributed by atoms with Crippen LogP contribution in [0, 0.1) is 0 Å². The number of nitrogens with one attached hydrogen (secondary N) is 1. The van der Waals surface area contributed by atoms with Crippen LogP contribution in [0.1, 0.15) is 44.7 Å². The predicted octanol–water partition coefficient (Wildman–Crippen LogP) is 2.42. The van der Waals surface area contributed by atoms with Gasteiger partial charge in [-0.15, -0.1) is 0 Å². The molecule has 0 aliphatic carbocycles. The third-order valence-electron chi connectivity index (χ3n) is 3.12. The lowest BCUT2D eigenvalue weighted by molar-refractivity contribution is -0.121. The summed E-state index contributed by atoms with van der Waals surface area (Å²) in [4.78, 5) is 11.4. The van der Waals surface area contributed by atoms with E-state index in [1.807, 2.05) is 0 Å². The third-order valence-corrected chi connectivity index (χ3v) is 3.12. The maximum atomic E-state index is 11.4. The average Bonchev–Trinajstić information content (AvgIpc) is 2.36. The van der Waals surface area contributed by atoms with Gasteiger partial charge in [-0.3, -0.25) is 4.79 Å². The van der Waals surface area contributed by atoms with Gasteiger partial charge in [0.15, 0.2) is 0 Å². The lowest BCUT2D eigenvalue weighted by atomic mass is 9.86. The van der Waals surface area contributed by atoms with Crippen LogP contribution < -0.4 is 5.32 Å². The SMILES string of the molecule is CC(C)(C)c1ccc(CCNC(=O)CCCO)cc1. The van der Waals surface area contributed by atoms with E-state index in [-0.39, 0.29) is 17.9 Å². The highest BCUT2D eigenvalue weighted by Gasteiger charge is 2.12. The van der Waals surface area contributed by atoms with Crippen molar-refractivity contribution >= 4 is 5.91 Å². The minimum Gasteiger partial charge on any atom is -0.396 e. The summed E-state index contributed by atoms with van der Waals surface area (Å²) in [7, 11) is 0. The minimum absolute atomic E-state index is 0.0142. The molecule has 3 heteroatoms. The molecule has 19 heavy (non-hydrogen) atoms. The molecule has 2 N–H and O–H groups in total. The first kappa shape index (κ1) is 15.7. The molecular formula is C16H25NO2. The number of benzene rings is 1. The van der Waals surface area contributed by atoms with Gasteiger partial charge >= 0.3 is 0 Å². The van der Waals surface area contributed by atoms with E-state index < -0.39 is 0 Å². The number of amides is 1. The molecule has 106 valence electrons. The Kier molecular flexibility index (Phi) is 6.03. The van der Waals surface area contributed by atoms with Crippen molar-refractivity contribution < 1.29 is 9.90 Å². The van der Waals surface area contributed by atoms with E-state index in [2.05, 4.69) is 50.4 Å². The molecule has 1 aromatic carbocycles. The zero-order valence-corrected chi connectivity index (χ0v) is 12.2. The number of hydrogen-bond acceptors (Lipinski definition) is 2. The van der Waals surface area contributed by atoms with Gasteiger partial charge in [-0.05, 0) is 29.4 Å². The molecule has 0 heterocycles. The van der Waals surface area contributed by atoms with Crippen LogP contribution >= 0.6 is 0 Å². The maximum absolute atomic E-state index is 11.4. The molecule has 1 aromatic rings. The largest absolute Gasteiger partial charge is 0.396 e. The Balaban J connectivity index is 2.36. The second-order valence-electron chi connectivity index (χ2n) is 5.87. The van der Waals surface area contributed by atoms with Crippen molar-refractivity contribution in [2.24, 2.45) is 0 Å². The zero-order chi connectivity index (χ0) is 14.3. The molecule has 0 bridgehead atoms. The fourth-order valence-corrected chi connectivity index (χ4v) is 1.85. The Morgan fingerprint density at radius 1 is 1.21 bits per heavy atom. The average molecular weight is 263 g/mol.